The fourth-order valence-corrected chi connectivity index (χ4v) is 5.08. The van der Waals surface area contributed by atoms with Crippen molar-refractivity contribution in [1.29, 1.82) is 0 Å². The summed E-state index contributed by atoms with van der Waals surface area (Å²) in [7, 11) is 2.11. The van der Waals surface area contributed by atoms with Crippen molar-refractivity contribution < 1.29 is 14.4 Å². The Morgan fingerprint density at radius 1 is 1.14 bits per heavy atom. The lowest BCUT2D eigenvalue weighted by Crippen LogP contribution is -2.38. The minimum atomic E-state index is -0.378. The van der Waals surface area contributed by atoms with Crippen molar-refractivity contribution >= 4 is 22.8 Å². The summed E-state index contributed by atoms with van der Waals surface area (Å²) in [6, 6.07) is 8.59. The van der Waals surface area contributed by atoms with Crippen LogP contribution in [0, 0.1) is 5.92 Å². The van der Waals surface area contributed by atoms with Gasteiger partial charge in [-0.15, -0.1) is 0 Å². The Hall–Kier alpha value is -3.01. The van der Waals surface area contributed by atoms with Gasteiger partial charge in [-0.25, -0.2) is 20.3 Å². The Morgan fingerprint density at radius 3 is 2.72 bits per heavy atom. The maximum absolute atomic E-state index is 12.3. The molecule has 192 valence electrons. The Labute approximate surface area is 212 Å². The molecule has 0 spiro atoms. The molecule has 2 aliphatic rings. The first kappa shape index (κ1) is 24.7. The summed E-state index contributed by atoms with van der Waals surface area (Å²) < 4.78 is 7.67. The Bertz CT molecular complexity index is 1130. The molecule has 2 saturated heterocycles. The molecule has 1 amide bonds. The second-order valence-electron chi connectivity index (χ2n) is 9.78. The number of aromatic nitrogens is 3. The fraction of sp³-hybridized carbons (Fsp3) is 0.519. The maximum atomic E-state index is 12.3. The SMILES string of the molecule is Cn1cc(CCNCC2CCN(c3ncc(C(=O)NOC4CCCCO4)cn3)CC2)c2ccccc21. The van der Waals surface area contributed by atoms with Crippen LogP contribution in [0.5, 0.6) is 0 Å². The molecule has 1 atom stereocenters. The highest BCUT2D eigenvalue weighted by Gasteiger charge is 2.22. The number of hydroxylamine groups is 1. The van der Waals surface area contributed by atoms with Crippen LogP contribution in [0.15, 0.2) is 42.9 Å². The molecule has 5 rings (SSSR count). The van der Waals surface area contributed by atoms with E-state index in [9.17, 15) is 4.79 Å². The second-order valence-corrected chi connectivity index (χ2v) is 9.78. The molecule has 2 aliphatic heterocycles. The lowest BCUT2D eigenvalue weighted by atomic mass is 9.97. The molecule has 0 bridgehead atoms. The Morgan fingerprint density at radius 2 is 1.94 bits per heavy atom. The lowest BCUT2D eigenvalue weighted by molar-refractivity contribution is -0.186. The van der Waals surface area contributed by atoms with Gasteiger partial charge in [0.25, 0.3) is 5.91 Å². The summed E-state index contributed by atoms with van der Waals surface area (Å²) in [5, 5.41) is 5.01. The van der Waals surface area contributed by atoms with Crippen LogP contribution in [0.25, 0.3) is 10.9 Å². The average molecular weight is 493 g/mol. The highest BCUT2D eigenvalue weighted by Crippen LogP contribution is 2.22. The van der Waals surface area contributed by atoms with Gasteiger partial charge in [-0.1, -0.05) is 18.2 Å². The molecular formula is C27H36N6O3. The van der Waals surface area contributed by atoms with Crippen LogP contribution in [0.3, 0.4) is 0 Å². The predicted octanol–water partition coefficient (Wildman–Crippen LogP) is 3.21. The summed E-state index contributed by atoms with van der Waals surface area (Å²) in [6.45, 7) is 4.52. The number of ether oxygens (including phenoxy) is 1. The third-order valence-corrected chi connectivity index (χ3v) is 7.20. The van der Waals surface area contributed by atoms with Crippen LogP contribution < -0.4 is 15.7 Å². The number of benzene rings is 1. The van der Waals surface area contributed by atoms with Gasteiger partial charge in [0.2, 0.25) is 5.95 Å². The highest BCUT2D eigenvalue weighted by atomic mass is 16.8. The molecule has 2 fully saturated rings. The van der Waals surface area contributed by atoms with Crippen LogP contribution >= 0.6 is 0 Å². The van der Waals surface area contributed by atoms with Gasteiger partial charge in [-0.2, -0.15) is 0 Å². The molecule has 2 aromatic heterocycles. The third-order valence-electron chi connectivity index (χ3n) is 7.20. The number of aryl methyl sites for hydroxylation is 1. The number of fused-ring (bicyclic) bond motifs is 1. The highest BCUT2D eigenvalue weighted by molar-refractivity contribution is 5.92. The number of hydrogen-bond donors (Lipinski definition) is 2. The number of nitrogens with one attached hydrogen (secondary N) is 2. The van der Waals surface area contributed by atoms with E-state index in [1.807, 2.05) is 0 Å². The van der Waals surface area contributed by atoms with Crippen molar-refractivity contribution in [2.45, 2.75) is 44.8 Å². The van der Waals surface area contributed by atoms with Crippen LogP contribution in [0.1, 0.15) is 48.0 Å². The van der Waals surface area contributed by atoms with Crippen LogP contribution in [-0.4, -0.2) is 59.5 Å². The fourth-order valence-electron chi connectivity index (χ4n) is 5.08. The van der Waals surface area contributed by atoms with E-state index in [1.54, 1.807) is 12.4 Å². The molecule has 0 aliphatic carbocycles. The van der Waals surface area contributed by atoms with E-state index in [0.717, 1.165) is 64.7 Å². The predicted molar refractivity (Wildman–Crippen MR) is 139 cm³/mol. The molecule has 0 saturated carbocycles. The molecule has 4 heterocycles. The molecule has 2 N–H and O–H groups in total. The summed E-state index contributed by atoms with van der Waals surface area (Å²) in [5.41, 5.74) is 5.52. The Balaban J connectivity index is 1.02. The van der Waals surface area contributed by atoms with Gasteiger partial charge in [0.05, 0.1) is 5.56 Å². The van der Waals surface area contributed by atoms with Crippen molar-refractivity contribution in [3.8, 4) is 0 Å². The lowest BCUT2D eigenvalue weighted by Gasteiger charge is -2.32. The first-order valence-corrected chi connectivity index (χ1v) is 13.1. The quantitative estimate of drug-likeness (QED) is 0.350. The van der Waals surface area contributed by atoms with Gasteiger partial charge in [0.15, 0.2) is 6.29 Å². The van der Waals surface area contributed by atoms with Gasteiger partial charge in [-0.3, -0.25) is 4.79 Å². The van der Waals surface area contributed by atoms with E-state index in [4.69, 9.17) is 9.57 Å². The number of amides is 1. The first-order chi connectivity index (χ1) is 17.7. The van der Waals surface area contributed by atoms with Gasteiger partial charge >= 0.3 is 0 Å². The minimum Gasteiger partial charge on any atom is -0.350 e. The topological polar surface area (TPSA) is 93.5 Å². The molecule has 1 aromatic carbocycles. The number of nitrogens with zero attached hydrogens (tertiary/aromatic N) is 4. The van der Waals surface area contributed by atoms with Crippen molar-refractivity contribution in [1.82, 2.24) is 25.3 Å². The van der Waals surface area contributed by atoms with E-state index in [0.29, 0.717) is 24.0 Å². The average Bonchev–Trinajstić information content (AvgIpc) is 3.26. The van der Waals surface area contributed by atoms with E-state index in [-0.39, 0.29) is 12.2 Å². The summed E-state index contributed by atoms with van der Waals surface area (Å²) in [6.07, 6.45) is 11.1. The zero-order valence-corrected chi connectivity index (χ0v) is 21.0. The number of para-hydroxylation sites is 1. The zero-order chi connectivity index (χ0) is 24.7. The second kappa shape index (κ2) is 11.8. The molecule has 0 radical (unpaired) electrons. The summed E-state index contributed by atoms with van der Waals surface area (Å²) >= 11 is 0. The van der Waals surface area contributed by atoms with Crippen molar-refractivity contribution in [2.75, 3.05) is 37.7 Å². The number of hydrogen-bond acceptors (Lipinski definition) is 7. The standard InChI is InChI=1S/C27H36N6O3/c1-32-19-21(23-6-2-3-7-24(23)32)9-12-28-16-20-10-13-33(14-11-20)27-29-17-22(18-30-27)26(34)31-36-25-8-4-5-15-35-25/h2-3,6-7,17-20,25,28H,4-5,8-16H2,1H3,(H,31,34). The maximum Gasteiger partial charge on any atom is 0.278 e. The number of rotatable bonds is 9. The van der Waals surface area contributed by atoms with Gasteiger partial charge in [0, 0.05) is 62.7 Å². The molecule has 36 heavy (non-hydrogen) atoms. The van der Waals surface area contributed by atoms with Crippen LogP contribution in [0.2, 0.25) is 0 Å². The molecule has 9 nitrogen and oxygen atoms in total. The normalized spacial score (nSPS) is 19.0. The van der Waals surface area contributed by atoms with Crippen molar-refractivity contribution in [2.24, 2.45) is 13.0 Å². The van der Waals surface area contributed by atoms with Gasteiger partial charge < -0.3 is 19.5 Å². The number of piperidine rings is 1. The number of carbonyl (C=O) groups is 1. The molecule has 1 unspecified atom stereocenters. The molecule has 3 aromatic rings. The van der Waals surface area contributed by atoms with Crippen molar-refractivity contribution in [3.05, 3.63) is 54.0 Å². The summed E-state index contributed by atoms with van der Waals surface area (Å²) in [5.74, 6) is 0.965. The first-order valence-electron chi connectivity index (χ1n) is 13.1. The number of anilines is 1. The van der Waals surface area contributed by atoms with E-state index >= 15 is 0 Å². The number of carbonyl (C=O) groups excluding carboxylic acids is 1. The van der Waals surface area contributed by atoms with Crippen LogP contribution in [-0.2, 0) is 23.0 Å². The van der Waals surface area contributed by atoms with Gasteiger partial charge in [0.1, 0.15) is 0 Å². The monoisotopic (exact) mass is 492 g/mol. The smallest absolute Gasteiger partial charge is 0.278 e. The van der Waals surface area contributed by atoms with E-state index in [2.05, 4.69) is 67.7 Å². The third kappa shape index (κ3) is 6.03. The zero-order valence-electron chi connectivity index (χ0n) is 21.0. The minimum absolute atomic E-state index is 0.357. The summed E-state index contributed by atoms with van der Waals surface area (Å²) in [4.78, 5) is 28.7. The van der Waals surface area contributed by atoms with Gasteiger partial charge in [-0.05, 0) is 62.7 Å². The molecule has 9 heteroatoms. The van der Waals surface area contributed by atoms with E-state index in [1.165, 1.54) is 16.5 Å². The largest absolute Gasteiger partial charge is 0.350 e. The molecular weight excluding hydrogens is 456 g/mol. The van der Waals surface area contributed by atoms with E-state index < -0.39 is 0 Å². The van der Waals surface area contributed by atoms with Crippen LogP contribution in [0.4, 0.5) is 5.95 Å². The Kier molecular flexibility index (Phi) is 8.10. The van der Waals surface area contributed by atoms with Crippen molar-refractivity contribution in [3.63, 3.8) is 0 Å².